The summed E-state index contributed by atoms with van der Waals surface area (Å²) < 4.78 is 0. The van der Waals surface area contributed by atoms with E-state index in [0.29, 0.717) is 0 Å². The number of carboxylic acids is 1. The van der Waals surface area contributed by atoms with Crippen LogP contribution >= 0.6 is 0 Å². The van der Waals surface area contributed by atoms with Gasteiger partial charge in [-0.3, -0.25) is 9.69 Å². The Kier molecular flexibility index (Phi) is 3.02. The van der Waals surface area contributed by atoms with Crippen LogP contribution in [0.25, 0.3) is 0 Å². The van der Waals surface area contributed by atoms with Gasteiger partial charge in [-0.2, -0.15) is 0 Å². The van der Waals surface area contributed by atoms with Crippen molar-refractivity contribution in [1.29, 1.82) is 0 Å². The highest BCUT2D eigenvalue weighted by Crippen LogP contribution is 2.19. The van der Waals surface area contributed by atoms with Gasteiger partial charge < -0.3 is 5.11 Å². The molecule has 0 bridgehead atoms. The fourth-order valence-corrected chi connectivity index (χ4v) is 2.11. The smallest absolute Gasteiger partial charge is 0.320 e. The van der Waals surface area contributed by atoms with Crippen LogP contribution in [0.1, 0.15) is 18.4 Å². The Morgan fingerprint density at radius 3 is 2.80 bits per heavy atom. The molecule has 3 nitrogen and oxygen atoms in total. The van der Waals surface area contributed by atoms with E-state index in [4.69, 9.17) is 5.11 Å². The summed E-state index contributed by atoms with van der Waals surface area (Å²) in [7, 11) is 0. The lowest BCUT2D eigenvalue weighted by molar-refractivity contribution is -0.142. The molecular weight excluding hydrogens is 190 g/mol. The zero-order chi connectivity index (χ0) is 10.7. The van der Waals surface area contributed by atoms with Crippen molar-refractivity contribution in [2.24, 2.45) is 0 Å². The molecule has 1 aromatic rings. The maximum Gasteiger partial charge on any atom is 0.320 e. The largest absolute Gasteiger partial charge is 0.480 e. The summed E-state index contributed by atoms with van der Waals surface area (Å²) in [4.78, 5) is 13.0. The Bertz CT molecular complexity index is 337. The van der Waals surface area contributed by atoms with Gasteiger partial charge in [-0.05, 0) is 24.9 Å². The summed E-state index contributed by atoms with van der Waals surface area (Å²) in [6, 6.07) is 9.74. The first-order chi connectivity index (χ1) is 7.27. The van der Waals surface area contributed by atoms with Gasteiger partial charge in [0, 0.05) is 6.54 Å². The molecule has 3 heteroatoms. The van der Waals surface area contributed by atoms with Gasteiger partial charge in [0.05, 0.1) is 0 Å². The van der Waals surface area contributed by atoms with E-state index in [0.717, 1.165) is 25.9 Å². The monoisotopic (exact) mass is 205 g/mol. The molecule has 1 aliphatic heterocycles. The molecule has 0 saturated carbocycles. The van der Waals surface area contributed by atoms with Gasteiger partial charge in [-0.25, -0.2) is 0 Å². The first-order valence-electron chi connectivity index (χ1n) is 5.28. The highest BCUT2D eigenvalue weighted by Gasteiger charge is 2.29. The van der Waals surface area contributed by atoms with E-state index in [2.05, 4.69) is 0 Å². The number of nitrogens with zero attached hydrogens (tertiary/aromatic N) is 1. The van der Waals surface area contributed by atoms with Crippen LogP contribution in [-0.4, -0.2) is 28.6 Å². The van der Waals surface area contributed by atoms with Crippen LogP contribution in [0.3, 0.4) is 0 Å². The number of likely N-dealkylation sites (tertiary alicyclic amines) is 1. The highest BCUT2D eigenvalue weighted by molar-refractivity contribution is 5.73. The van der Waals surface area contributed by atoms with E-state index in [-0.39, 0.29) is 6.04 Å². The van der Waals surface area contributed by atoms with E-state index in [1.165, 1.54) is 5.56 Å². The molecule has 0 amide bonds. The number of hydrogen-bond donors (Lipinski definition) is 1. The second-order valence-electron chi connectivity index (χ2n) is 3.95. The van der Waals surface area contributed by atoms with Gasteiger partial charge in [0.2, 0.25) is 0 Å². The molecule has 0 radical (unpaired) electrons. The molecule has 2 rings (SSSR count). The fraction of sp³-hybridized carbons (Fsp3) is 0.417. The average molecular weight is 205 g/mol. The van der Waals surface area contributed by atoms with Crippen molar-refractivity contribution < 1.29 is 9.90 Å². The van der Waals surface area contributed by atoms with Crippen molar-refractivity contribution in [2.45, 2.75) is 25.4 Å². The lowest BCUT2D eigenvalue weighted by atomic mass is 10.2. The van der Waals surface area contributed by atoms with Crippen LogP contribution in [0.15, 0.2) is 30.3 Å². The molecule has 0 unspecified atom stereocenters. The molecular formula is C12H15NO2. The molecule has 1 atom stereocenters. The molecule has 80 valence electrons. The third-order valence-corrected chi connectivity index (χ3v) is 2.88. The maximum atomic E-state index is 11.0. The molecule has 15 heavy (non-hydrogen) atoms. The van der Waals surface area contributed by atoms with Crippen molar-refractivity contribution in [1.82, 2.24) is 4.90 Å². The molecule has 0 aliphatic carbocycles. The highest BCUT2D eigenvalue weighted by atomic mass is 16.4. The molecule has 1 saturated heterocycles. The van der Waals surface area contributed by atoms with Crippen molar-refractivity contribution in [3.05, 3.63) is 35.9 Å². The summed E-state index contributed by atoms with van der Waals surface area (Å²) in [5.41, 5.74) is 1.19. The Hall–Kier alpha value is -1.35. The average Bonchev–Trinajstić information content (AvgIpc) is 2.67. The standard InChI is InChI=1S/C12H15NO2/c14-12(15)11-7-4-8-13(11)9-10-5-2-1-3-6-10/h1-3,5-6,11H,4,7-9H2,(H,14,15)/t11-/m1/s1. The van der Waals surface area contributed by atoms with Crippen LogP contribution in [0, 0.1) is 0 Å². The third-order valence-electron chi connectivity index (χ3n) is 2.88. The lowest BCUT2D eigenvalue weighted by Gasteiger charge is -2.20. The van der Waals surface area contributed by atoms with E-state index >= 15 is 0 Å². The Balaban J connectivity index is 2.03. The van der Waals surface area contributed by atoms with Gasteiger partial charge in [-0.1, -0.05) is 30.3 Å². The molecule has 1 N–H and O–H groups in total. The zero-order valence-electron chi connectivity index (χ0n) is 8.60. The van der Waals surface area contributed by atoms with Crippen molar-refractivity contribution in [3.8, 4) is 0 Å². The van der Waals surface area contributed by atoms with Gasteiger partial charge in [0.15, 0.2) is 0 Å². The summed E-state index contributed by atoms with van der Waals surface area (Å²) in [5.74, 6) is -0.691. The summed E-state index contributed by atoms with van der Waals surface area (Å²) in [6.45, 7) is 1.64. The number of hydrogen-bond acceptors (Lipinski definition) is 2. The molecule has 1 aromatic carbocycles. The van der Waals surface area contributed by atoms with Crippen molar-refractivity contribution in [3.63, 3.8) is 0 Å². The van der Waals surface area contributed by atoms with E-state index in [9.17, 15) is 4.79 Å². The summed E-state index contributed by atoms with van der Waals surface area (Å²) in [6.07, 6.45) is 1.77. The number of carboxylic acid groups (broad SMARTS) is 1. The minimum Gasteiger partial charge on any atom is -0.480 e. The molecule has 1 heterocycles. The predicted molar refractivity (Wildman–Crippen MR) is 57.5 cm³/mol. The quantitative estimate of drug-likeness (QED) is 0.817. The molecule has 1 aliphatic rings. The second kappa shape index (κ2) is 4.45. The van der Waals surface area contributed by atoms with Crippen LogP contribution in [-0.2, 0) is 11.3 Å². The van der Waals surface area contributed by atoms with Crippen LogP contribution < -0.4 is 0 Å². The SMILES string of the molecule is O=C(O)[C@H]1CCCN1Cc1ccccc1. The minimum atomic E-state index is -0.691. The van der Waals surface area contributed by atoms with E-state index in [1.54, 1.807) is 0 Å². The Morgan fingerprint density at radius 1 is 1.40 bits per heavy atom. The molecule has 0 aromatic heterocycles. The first kappa shape index (κ1) is 10.2. The topological polar surface area (TPSA) is 40.5 Å². The number of benzene rings is 1. The predicted octanol–water partition coefficient (Wildman–Crippen LogP) is 1.74. The molecule has 0 spiro atoms. The first-order valence-corrected chi connectivity index (χ1v) is 5.28. The lowest BCUT2D eigenvalue weighted by Crippen LogP contribution is -2.35. The van der Waals surface area contributed by atoms with Crippen LogP contribution in [0.2, 0.25) is 0 Å². The molecule has 1 fully saturated rings. The number of rotatable bonds is 3. The fourth-order valence-electron chi connectivity index (χ4n) is 2.11. The van der Waals surface area contributed by atoms with E-state index in [1.807, 2.05) is 35.2 Å². The second-order valence-corrected chi connectivity index (χ2v) is 3.95. The third kappa shape index (κ3) is 2.36. The summed E-state index contributed by atoms with van der Waals surface area (Å²) >= 11 is 0. The van der Waals surface area contributed by atoms with Gasteiger partial charge >= 0.3 is 5.97 Å². The Morgan fingerprint density at radius 2 is 2.13 bits per heavy atom. The van der Waals surface area contributed by atoms with Gasteiger partial charge in [0.1, 0.15) is 6.04 Å². The van der Waals surface area contributed by atoms with Crippen LogP contribution in [0.5, 0.6) is 0 Å². The zero-order valence-corrected chi connectivity index (χ0v) is 8.60. The van der Waals surface area contributed by atoms with Gasteiger partial charge in [0.25, 0.3) is 0 Å². The minimum absolute atomic E-state index is 0.287. The normalized spacial score (nSPS) is 21.7. The van der Waals surface area contributed by atoms with Crippen molar-refractivity contribution in [2.75, 3.05) is 6.54 Å². The van der Waals surface area contributed by atoms with E-state index < -0.39 is 5.97 Å². The van der Waals surface area contributed by atoms with Crippen molar-refractivity contribution >= 4 is 5.97 Å². The summed E-state index contributed by atoms with van der Waals surface area (Å²) in [5, 5.41) is 9.02. The van der Waals surface area contributed by atoms with Crippen LogP contribution in [0.4, 0.5) is 0 Å². The van der Waals surface area contributed by atoms with Gasteiger partial charge in [-0.15, -0.1) is 0 Å². The number of carbonyl (C=O) groups is 1. The Labute approximate surface area is 89.3 Å². The maximum absolute atomic E-state index is 11.0. The number of aliphatic carboxylic acids is 1.